The highest BCUT2D eigenvalue weighted by Crippen LogP contribution is 2.11. The summed E-state index contributed by atoms with van der Waals surface area (Å²) in [4.78, 5) is 0. The van der Waals surface area contributed by atoms with E-state index >= 15 is 0 Å². The van der Waals surface area contributed by atoms with Crippen LogP contribution in [0.1, 0.15) is 32.6 Å². The predicted molar refractivity (Wildman–Crippen MR) is 46.2 cm³/mol. The van der Waals surface area contributed by atoms with Gasteiger partial charge in [0.2, 0.25) is 0 Å². The molecule has 0 fully saturated rings. The quantitative estimate of drug-likeness (QED) is 0.646. The van der Waals surface area contributed by atoms with E-state index in [-0.39, 0.29) is 6.10 Å². The Bertz CT molecular complexity index is 134. The average Bonchev–Trinajstić information content (AvgIpc) is 2.07. The highest BCUT2D eigenvalue weighted by molar-refractivity contribution is 4.92. The minimum Gasteiger partial charge on any atom is -0.391 e. The standard InChI is InChI=1S/C9H17NO/c1-2-5-9(11)8-6-3-4-7-10-8/h4,7-11H,2-3,5-6H2,1H3. The van der Waals surface area contributed by atoms with Crippen LogP contribution in [0.3, 0.4) is 0 Å². The van der Waals surface area contributed by atoms with Crippen molar-refractivity contribution in [1.82, 2.24) is 5.32 Å². The van der Waals surface area contributed by atoms with Gasteiger partial charge in [-0.15, -0.1) is 0 Å². The SMILES string of the molecule is CCCC(O)C1CCC=CN1. The van der Waals surface area contributed by atoms with Gasteiger partial charge in [0, 0.05) is 0 Å². The predicted octanol–water partition coefficient (Wildman–Crippen LogP) is 1.41. The molecule has 0 saturated heterocycles. The highest BCUT2D eigenvalue weighted by Gasteiger charge is 2.17. The van der Waals surface area contributed by atoms with Crippen molar-refractivity contribution in [3.05, 3.63) is 12.3 Å². The minimum atomic E-state index is -0.162. The lowest BCUT2D eigenvalue weighted by Gasteiger charge is -2.25. The molecule has 2 unspecified atom stereocenters. The first-order valence-corrected chi connectivity index (χ1v) is 4.43. The molecule has 64 valence electrons. The molecule has 1 rings (SSSR count). The summed E-state index contributed by atoms with van der Waals surface area (Å²) in [6.07, 6.45) is 8.03. The van der Waals surface area contributed by atoms with E-state index in [1.54, 1.807) is 0 Å². The maximum absolute atomic E-state index is 9.58. The average molecular weight is 155 g/mol. The van der Waals surface area contributed by atoms with Crippen molar-refractivity contribution in [2.75, 3.05) is 0 Å². The topological polar surface area (TPSA) is 32.3 Å². The fourth-order valence-electron chi connectivity index (χ4n) is 1.43. The van der Waals surface area contributed by atoms with Crippen LogP contribution in [0.5, 0.6) is 0 Å². The van der Waals surface area contributed by atoms with E-state index < -0.39 is 0 Å². The number of aliphatic hydroxyl groups excluding tert-OH is 1. The molecule has 2 heteroatoms. The summed E-state index contributed by atoms with van der Waals surface area (Å²) in [6.45, 7) is 2.10. The summed E-state index contributed by atoms with van der Waals surface area (Å²) in [5.41, 5.74) is 0. The molecular formula is C9H17NO. The minimum absolute atomic E-state index is 0.162. The molecule has 1 heterocycles. The van der Waals surface area contributed by atoms with Gasteiger partial charge in [-0.25, -0.2) is 0 Å². The molecule has 0 aliphatic carbocycles. The lowest BCUT2D eigenvalue weighted by Crippen LogP contribution is -2.38. The third kappa shape index (κ3) is 2.54. The van der Waals surface area contributed by atoms with Crippen molar-refractivity contribution in [1.29, 1.82) is 0 Å². The van der Waals surface area contributed by atoms with Gasteiger partial charge in [-0.2, -0.15) is 0 Å². The van der Waals surface area contributed by atoms with E-state index in [9.17, 15) is 5.11 Å². The zero-order valence-corrected chi connectivity index (χ0v) is 7.09. The number of hydrogen-bond donors (Lipinski definition) is 2. The molecule has 2 N–H and O–H groups in total. The van der Waals surface area contributed by atoms with Crippen LogP contribution in [0, 0.1) is 0 Å². The van der Waals surface area contributed by atoms with Gasteiger partial charge in [-0.3, -0.25) is 0 Å². The number of rotatable bonds is 3. The maximum Gasteiger partial charge on any atom is 0.0740 e. The lowest BCUT2D eigenvalue weighted by atomic mass is 10.00. The van der Waals surface area contributed by atoms with Gasteiger partial charge in [0.15, 0.2) is 0 Å². The van der Waals surface area contributed by atoms with Crippen LogP contribution in [0.2, 0.25) is 0 Å². The Balaban J connectivity index is 2.28. The highest BCUT2D eigenvalue weighted by atomic mass is 16.3. The molecule has 0 radical (unpaired) electrons. The lowest BCUT2D eigenvalue weighted by molar-refractivity contribution is 0.118. The van der Waals surface area contributed by atoms with Crippen LogP contribution in [0.15, 0.2) is 12.3 Å². The van der Waals surface area contributed by atoms with Crippen molar-refractivity contribution in [2.24, 2.45) is 0 Å². The summed E-state index contributed by atoms with van der Waals surface area (Å²) < 4.78 is 0. The zero-order valence-electron chi connectivity index (χ0n) is 7.09. The molecule has 0 bridgehead atoms. The summed E-state index contributed by atoms with van der Waals surface area (Å²) >= 11 is 0. The van der Waals surface area contributed by atoms with E-state index in [2.05, 4.69) is 18.3 Å². The number of aliphatic hydroxyl groups is 1. The van der Waals surface area contributed by atoms with Crippen LogP contribution in [0.25, 0.3) is 0 Å². The van der Waals surface area contributed by atoms with Crippen LogP contribution in [-0.2, 0) is 0 Å². The molecule has 2 nitrogen and oxygen atoms in total. The maximum atomic E-state index is 9.58. The van der Waals surface area contributed by atoms with Crippen molar-refractivity contribution in [3.8, 4) is 0 Å². The Morgan fingerprint density at radius 2 is 2.55 bits per heavy atom. The normalized spacial score (nSPS) is 26.2. The Labute approximate surface area is 68.3 Å². The van der Waals surface area contributed by atoms with E-state index in [0.717, 1.165) is 25.7 Å². The molecule has 0 aromatic heterocycles. The van der Waals surface area contributed by atoms with Crippen molar-refractivity contribution in [2.45, 2.75) is 44.8 Å². The van der Waals surface area contributed by atoms with Crippen LogP contribution >= 0.6 is 0 Å². The van der Waals surface area contributed by atoms with E-state index in [1.807, 2.05) is 6.20 Å². The first-order valence-electron chi connectivity index (χ1n) is 4.43. The second kappa shape index (κ2) is 4.39. The summed E-state index contributed by atoms with van der Waals surface area (Å²) in [5.74, 6) is 0. The molecule has 0 aromatic rings. The number of nitrogens with one attached hydrogen (secondary N) is 1. The van der Waals surface area contributed by atoms with Gasteiger partial charge in [0.25, 0.3) is 0 Å². The largest absolute Gasteiger partial charge is 0.391 e. The number of hydrogen-bond acceptors (Lipinski definition) is 2. The van der Waals surface area contributed by atoms with Crippen molar-refractivity contribution >= 4 is 0 Å². The van der Waals surface area contributed by atoms with Gasteiger partial charge in [-0.1, -0.05) is 19.4 Å². The monoisotopic (exact) mass is 155 g/mol. The van der Waals surface area contributed by atoms with E-state index in [0.29, 0.717) is 6.04 Å². The van der Waals surface area contributed by atoms with Crippen molar-refractivity contribution < 1.29 is 5.11 Å². The fourth-order valence-corrected chi connectivity index (χ4v) is 1.43. The molecule has 1 aliphatic rings. The van der Waals surface area contributed by atoms with Crippen LogP contribution < -0.4 is 5.32 Å². The first kappa shape index (κ1) is 8.60. The third-order valence-corrected chi connectivity index (χ3v) is 2.12. The molecule has 0 saturated carbocycles. The van der Waals surface area contributed by atoms with Crippen LogP contribution in [0.4, 0.5) is 0 Å². The summed E-state index contributed by atoms with van der Waals surface area (Å²) in [7, 11) is 0. The molecule has 0 aromatic carbocycles. The van der Waals surface area contributed by atoms with E-state index in [1.165, 1.54) is 0 Å². The second-order valence-electron chi connectivity index (χ2n) is 3.11. The van der Waals surface area contributed by atoms with Gasteiger partial charge < -0.3 is 10.4 Å². The molecular weight excluding hydrogens is 138 g/mol. The van der Waals surface area contributed by atoms with Gasteiger partial charge >= 0.3 is 0 Å². The fraction of sp³-hybridized carbons (Fsp3) is 0.778. The van der Waals surface area contributed by atoms with Crippen LogP contribution in [-0.4, -0.2) is 17.3 Å². The van der Waals surface area contributed by atoms with Gasteiger partial charge in [0.1, 0.15) is 0 Å². The molecule has 11 heavy (non-hydrogen) atoms. The summed E-state index contributed by atoms with van der Waals surface area (Å²) in [6, 6.07) is 0.292. The molecule has 2 atom stereocenters. The Hall–Kier alpha value is -0.500. The van der Waals surface area contributed by atoms with Crippen molar-refractivity contribution in [3.63, 3.8) is 0 Å². The van der Waals surface area contributed by atoms with Gasteiger partial charge in [0.05, 0.1) is 12.1 Å². The number of allylic oxidation sites excluding steroid dienone is 1. The first-order chi connectivity index (χ1) is 5.34. The molecule has 1 aliphatic heterocycles. The smallest absolute Gasteiger partial charge is 0.0740 e. The summed E-state index contributed by atoms with van der Waals surface area (Å²) in [5, 5.41) is 12.8. The second-order valence-corrected chi connectivity index (χ2v) is 3.11. The Kier molecular flexibility index (Phi) is 3.43. The van der Waals surface area contributed by atoms with Gasteiger partial charge in [-0.05, 0) is 25.5 Å². The van der Waals surface area contributed by atoms with E-state index in [4.69, 9.17) is 0 Å². The molecule has 0 spiro atoms. The Morgan fingerprint density at radius 1 is 1.73 bits per heavy atom. The molecule has 0 amide bonds. The zero-order chi connectivity index (χ0) is 8.10. The Morgan fingerprint density at radius 3 is 3.09 bits per heavy atom. The third-order valence-electron chi connectivity index (χ3n) is 2.12.